The number of amides is 1. The lowest BCUT2D eigenvalue weighted by Crippen LogP contribution is -2.11. The molecule has 5 heteroatoms. The molecule has 1 amide bonds. The predicted molar refractivity (Wildman–Crippen MR) is 104 cm³/mol. The van der Waals surface area contributed by atoms with E-state index in [4.69, 9.17) is 28.9 Å². The van der Waals surface area contributed by atoms with Crippen LogP contribution in [0.1, 0.15) is 15.9 Å². The van der Waals surface area contributed by atoms with E-state index < -0.39 is 5.91 Å². The largest absolute Gasteiger partial charge is 0.366 e. The lowest BCUT2D eigenvalue weighted by Gasteiger charge is -2.10. The van der Waals surface area contributed by atoms with Gasteiger partial charge < -0.3 is 10.3 Å². The molecule has 0 aliphatic heterocycles. The molecule has 0 aliphatic carbocycles. The minimum atomic E-state index is -0.436. The van der Waals surface area contributed by atoms with Crippen molar-refractivity contribution in [2.75, 3.05) is 0 Å². The molecule has 0 atom stereocenters. The third-order valence-corrected chi connectivity index (χ3v) is 5.28. The first-order chi connectivity index (χ1) is 12.1. The summed E-state index contributed by atoms with van der Waals surface area (Å²) in [7, 11) is 0. The summed E-state index contributed by atoms with van der Waals surface area (Å²) in [4.78, 5) is 11.9. The molecule has 4 aromatic rings. The lowest BCUT2D eigenvalue weighted by molar-refractivity contribution is 0.100. The highest BCUT2D eigenvalue weighted by Crippen LogP contribution is 2.34. The smallest absolute Gasteiger partial charge is 0.249 e. The SMILES string of the molecule is NC(=O)c1cccc2c1c1ccccc1n2Cc1cccc(Cl)c1Cl. The van der Waals surface area contributed by atoms with Crippen LogP contribution in [-0.2, 0) is 6.54 Å². The zero-order valence-corrected chi connectivity index (χ0v) is 14.7. The van der Waals surface area contributed by atoms with E-state index in [0.29, 0.717) is 22.2 Å². The van der Waals surface area contributed by atoms with E-state index in [9.17, 15) is 4.79 Å². The summed E-state index contributed by atoms with van der Waals surface area (Å²) in [6.45, 7) is 0.547. The highest BCUT2D eigenvalue weighted by molar-refractivity contribution is 6.42. The number of primary amides is 1. The van der Waals surface area contributed by atoms with Gasteiger partial charge in [-0.05, 0) is 29.8 Å². The number of para-hydroxylation sites is 1. The Balaban J connectivity index is 2.04. The van der Waals surface area contributed by atoms with Crippen LogP contribution in [0.2, 0.25) is 10.0 Å². The lowest BCUT2D eigenvalue weighted by atomic mass is 10.1. The Bertz CT molecular complexity index is 1130. The summed E-state index contributed by atoms with van der Waals surface area (Å²) in [6.07, 6.45) is 0. The normalized spacial score (nSPS) is 11.3. The Labute approximate surface area is 154 Å². The Kier molecular flexibility index (Phi) is 3.91. The number of hydrogen-bond donors (Lipinski definition) is 1. The van der Waals surface area contributed by atoms with Crippen LogP contribution in [0.4, 0.5) is 0 Å². The van der Waals surface area contributed by atoms with Crippen LogP contribution < -0.4 is 5.73 Å². The number of hydrogen-bond acceptors (Lipinski definition) is 1. The van der Waals surface area contributed by atoms with Crippen molar-refractivity contribution < 1.29 is 4.79 Å². The molecule has 0 unspecified atom stereocenters. The van der Waals surface area contributed by atoms with Crippen molar-refractivity contribution in [1.82, 2.24) is 4.57 Å². The predicted octanol–water partition coefficient (Wildman–Crippen LogP) is 5.25. The Hall–Kier alpha value is -2.49. The van der Waals surface area contributed by atoms with Crippen molar-refractivity contribution in [3.05, 3.63) is 81.8 Å². The van der Waals surface area contributed by atoms with E-state index in [1.54, 1.807) is 12.1 Å². The van der Waals surface area contributed by atoms with Gasteiger partial charge in [0.2, 0.25) is 5.91 Å². The molecular weight excluding hydrogens is 355 g/mol. The third kappa shape index (κ3) is 2.56. The Morgan fingerprint density at radius 1 is 0.920 bits per heavy atom. The number of aromatic nitrogens is 1. The van der Waals surface area contributed by atoms with Crippen LogP contribution in [-0.4, -0.2) is 10.5 Å². The van der Waals surface area contributed by atoms with Crippen molar-refractivity contribution >= 4 is 50.9 Å². The van der Waals surface area contributed by atoms with Gasteiger partial charge in [0.05, 0.1) is 15.6 Å². The van der Waals surface area contributed by atoms with E-state index in [2.05, 4.69) is 4.57 Å². The fourth-order valence-corrected chi connectivity index (χ4v) is 3.69. The second kappa shape index (κ2) is 6.10. The van der Waals surface area contributed by atoms with Gasteiger partial charge >= 0.3 is 0 Å². The van der Waals surface area contributed by atoms with Crippen LogP contribution >= 0.6 is 23.2 Å². The van der Waals surface area contributed by atoms with E-state index in [0.717, 1.165) is 27.4 Å². The van der Waals surface area contributed by atoms with Gasteiger partial charge in [0.15, 0.2) is 0 Å². The third-order valence-electron chi connectivity index (χ3n) is 4.42. The van der Waals surface area contributed by atoms with Gasteiger partial charge in [-0.25, -0.2) is 0 Å². The monoisotopic (exact) mass is 368 g/mol. The molecule has 1 aromatic heterocycles. The van der Waals surface area contributed by atoms with Gasteiger partial charge in [-0.15, -0.1) is 0 Å². The van der Waals surface area contributed by atoms with E-state index in [1.165, 1.54) is 0 Å². The molecule has 0 saturated carbocycles. The maximum atomic E-state index is 11.9. The second-order valence-corrected chi connectivity index (χ2v) is 6.67. The van der Waals surface area contributed by atoms with Crippen LogP contribution in [0, 0.1) is 0 Å². The molecule has 3 nitrogen and oxygen atoms in total. The summed E-state index contributed by atoms with van der Waals surface area (Å²) in [6, 6.07) is 19.1. The van der Waals surface area contributed by atoms with E-state index in [-0.39, 0.29) is 0 Å². The van der Waals surface area contributed by atoms with Crippen molar-refractivity contribution in [1.29, 1.82) is 0 Å². The zero-order chi connectivity index (χ0) is 17.6. The average Bonchev–Trinajstić information content (AvgIpc) is 2.93. The quantitative estimate of drug-likeness (QED) is 0.527. The molecule has 0 aliphatic rings. The maximum absolute atomic E-state index is 11.9. The minimum Gasteiger partial charge on any atom is -0.366 e. The molecule has 1 heterocycles. The average molecular weight is 369 g/mol. The summed E-state index contributed by atoms with van der Waals surface area (Å²) in [5.74, 6) is -0.436. The number of fused-ring (bicyclic) bond motifs is 3. The van der Waals surface area contributed by atoms with Crippen LogP contribution in [0.5, 0.6) is 0 Å². The number of nitrogens with zero attached hydrogens (tertiary/aromatic N) is 1. The van der Waals surface area contributed by atoms with E-state index >= 15 is 0 Å². The topological polar surface area (TPSA) is 48.0 Å². The van der Waals surface area contributed by atoms with Crippen LogP contribution in [0.3, 0.4) is 0 Å². The highest BCUT2D eigenvalue weighted by Gasteiger charge is 2.17. The standard InChI is InChI=1S/C20H14Cl2N2O/c21-15-8-3-5-12(19(15)22)11-24-16-9-2-1-6-13(16)18-14(20(23)25)7-4-10-17(18)24/h1-10H,11H2,(H2,23,25). The van der Waals surface area contributed by atoms with Crippen molar-refractivity contribution in [2.24, 2.45) is 5.73 Å². The number of nitrogens with two attached hydrogens (primary N) is 1. The molecular formula is C20H14Cl2N2O. The summed E-state index contributed by atoms with van der Waals surface area (Å²) < 4.78 is 2.13. The molecule has 25 heavy (non-hydrogen) atoms. The van der Waals surface area contributed by atoms with E-state index in [1.807, 2.05) is 48.5 Å². The number of benzene rings is 3. The summed E-state index contributed by atoms with van der Waals surface area (Å²) in [5, 5.41) is 2.92. The molecule has 0 saturated heterocycles. The Morgan fingerprint density at radius 2 is 1.64 bits per heavy atom. The molecule has 4 rings (SSSR count). The van der Waals surface area contributed by atoms with Gasteiger partial charge in [-0.1, -0.05) is 59.6 Å². The van der Waals surface area contributed by atoms with Gasteiger partial charge in [0.25, 0.3) is 0 Å². The van der Waals surface area contributed by atoms with Crippen molar-refractivity contribution in [3.8, 4) is 0 Å². The first kappa shape index (κ1) is 16.0. The van der Waals surface area contributed by atoms with Crippen LogP contribution in [0.15, 0.2) is 60.7 Å². The summed E-state index contributed by atoms with van der Waals surface area (Å²) >= 11 is 12.5. The number of rotatable bonds is 3. The molecule has 2 N–H and O–H groups in total. The van der Waals surface area contributed by atoms with Gasteiger partial charge in [0, 0.05) is 28.4 Å². The second-order valence-electron chi connectivity index (χ2n) is 5.88. The fourth-order valence-electron chi connectivity index (χ4n) is 3.31. The molecule has 124 valence electrons. The zero-order valence-electron chi connectivity index (χ0n) is 13.2. The number of carbonyl (C=O) groups is 1. The number of halogens is 2. The Morgan fingerprint density at radius 3 is 2.44 bits per heavy atom. The minimum absolute atomic E-state index is 0.436. The number of carbonyl (C=O) groups excluding carboxylic acids is 1. The molecule has 0 bridgehead atoms. The first-order valence-electron chi connectivity index (χ1n) is 7.80. The highest BCUT2D eigenvalue weighted by atomic mass is 35.5. The first-order valence-corrected chi connectivity index (χ1v) is 8.56. The van der Waals surface area contributed by atoms with Crippen LogP contribution in [0.25, 0.3) is 21.8 Å². The molecule has 0 radical (unpaired) electrons. The van der Waals surface area contributed by atoms with Crippen molar-refractivity contribution in [3.63, 3.8) is 0 Å². The molecule has 0 spiro atoms. The van der Waals surface area contributed by atoms with Gasteiger partial charge in [0.1, 0.15) is 0 Å². The maximum Gasteiger partial charge on any atom is 0.249 e. The van der Waals surface area contributed by atoms with Gasteiger partial charge in [-0.2, -0.15) is 0 Å². The summed E-state index contributed by atoms with van der Waals surface area (Å²) in [5.41, 5.74) is 8.98. The molecule has 0 fully saturated rings. The van der Waals surface area contributed by atoms with Gasteiger partial charge in [-0.3, -0.25) is 4.79 Å². The fraction of sp³-hybridized carbons (Fsp3) is 0.0500. The van der Waals surface area contributed by atoms with Crippen molar-refractivity contribution in [2.45, 2.75) is 6.54 Å². The molecule has 3 aromatic carbocycles.